The number of carboxylic acids is 1. The van der Waals surface area contributed by atoms with Gasteiger partial charge in [-0.15, -0.1) is 0 Å². The molecular weight excluding hydrogens is 209 g/mol. The van der Waals surface area contributed by atoms with Crippen molar-refractivity contribution in [2.24, 2.45) is 5.92 Å². The number of benzene rings is 1. The Morgan fingerprint density at radius 1 is 1.56 bits per heavy atom. The van der Waals surface area contributed by atoms with Crippen LogP contribution in [0.4, 0.5) is 10.1 Å². The van der Waals surface area contributed by atoms with Crippen LogP contribution in [-0.2, 0) is 4.79 Å². The van der Waals surface area contributed by atoms with Crippen LogP contribution in [0.5, 0.6) is 0 Å². The maximum absolute atomic E-state index is 13.4. The molecule has 0 amide bonds. The molecule has 0 heterocycles. The monoisotopic (exact) mass is 223 g/mol. The number of halogens is 1. The van der Waals surface area contributed by atoms with Crippen molar-refractivity contribution in [3.05, 3.63) is 29.6 Å². The molecule has 3 nitrogen and oxygen atoms in total. The average Bonchev–Trinajstić information content (AvgIpc) is 3.02. The van der Waals surface area contributed by atoms with Gasteiger partial charge in [0.1, 0.15) is 11.9 Å². The Morgan fingerprint density at radius 2 is 2.25 bits per heavy atom. The number of hydrogen-bond acceptors (Lipinski definition) is 2. The van der Waals surface area contributed by atoms with Gasteiger partial charge in [0, 0.05) is 0 Å². The normalized spacial score (nSPS) is 16.9. The Kier molecular flexibility index (Phi) is 2.81. The van der Waals surface area contributed by atoms with E-state index < -0.39 is 17.8 Å². The molecule has 0 aromatic heterocycles. The number of aliphatic carboxylic acids is 1. The first-order valence-electron chi connectivity index (χ1n) is 5.33. The highest BCUT2D eigenvalue weighted by Gasteiger charge is 2.36. The quantitative estimate of drug-likeness (QED) is 0.824. The summed E-state index contributed by atoms with van der Waals surface area (Å²) >= 11 is 0. The fourth-order valence-corrected chi connectivity index (χ4v) is 1.73. The standard InChI is InChI=1S/C12H14FNO2/c1-7-2-5-9(13)10(6-7)14-11(12(15)16)8-3-4-8/h2,5-6,8,11,14H,3-4H2,1H3,(H,15,16). The summed E-state index contributed by atoms with van der Waals surface area (Å²) in [4.78, 5) is 11.0. The predicted octanol–water partition coefficient (Wildman–Crippen LogP) is 2.41. The van der Waals surface area contributed by atoms with Crippen molar-refractivity contribution >= 4 is 11.7 Å². The second kappa shape index (κ2) is 4.12. The number of aryl methyl sites for hydroxylation is 1. The van der Waals surface area contributed by atoms with Crippen molar-refractivity contribution in [3.63, 3.8) is 0 Å². The first kappa shape index (κ1) is 10.9. The molecule has 16 heavy (non-hydrogen) atoms. The lowest BCUT2D eigenvalue weighted by molar-refractivity contribution is -0.138. The van der Waals surface area contributed by atoms with E-state index in [1.807, 2.05) is 6.92 Å². The molecule has 0 bridgehead atoms. The van der Waals surface area contributed by atoms with Crippen LogP contribution in [0, 0.1) is 18.7 Å². The first-order chi connectivity index (χ1) is 7.58. The molecule has 1 unspecified atom stereocenters. The van der Waals surface area contributed by atoms with Gasteiger partial charge in [-0.05, 0) is 43.4 Å². The van der Waals surface area contributed by atoms with Gasteiger partial charge in [0.05, 0.1) is 5.69 Å². The third kappa shape index (κ3) is 2.32. The molecule has 1 aliphatic carbocycles. The number of hydrogen-bond donors (Lipinski definition) is 2. The smallest absolute Gasteiger partial charge is 0.326 e. The number of rotatable bonds is 4. The molecule has 2 rings (SSSR count). The van der Waals surface area contributed by atoms with E-state index in [1.54, 1.807) is 12.1 Å². The van der Waals surface area contributed by atoms with Crippen LogP contribution < -0.4 is 5.32 Å². The molecular formula is C12H14FNO2. The molecule has 86 valence electrons. The number of carboxylic acid groups (broad SMARTS) is 1. The maximum atomic E-state index is 13.4. The average molecular weight is 223 g/mol. The molecule has 2 N–H and O–H groups in total. The van der Waals surface area contributed by atoms with Crippen LogP contribution in [0.3, 0.4) is 0 Å². The maximum Gasteiger partial charge on any atom is 0.326 e. The van der Waals surface area contributed by atoms with Crippen LogP contribution in [0.1, 0.15) is 18.4 Å². The molecule has 1 aliphatic rings. The van der Waals surface area contributed by atoms with Gasteiger partial charge in [-0.3, -0.25) is 0 Å². The van der Waals surface area contributed by atoms with Gasteiger partial charge in [0.15, 0.2) is 0 Å². The summed E-state index contributed by atoms with van der Waals surface area (Å²) in [6.45, 7) is 1.84. The lowest BCUT2D eigenvalue weighted by Gasteiger charge is -2.15. The molecule has 0 saturated heterocycles. The van der Waals surface area contributed by atoms with Crippen molar-refractivity contribution in [3.8, 4) is 0 Å². The van der Waals surface area contributed by atoms with Crippen molar-refractivity contribution < 1.29 is 14.3 Å². The van der Waals surface area contributed by atoms with E-state index >= 15 is 0 Å². The summed E-state index contributed by atoms with van der Waals surface area (Å²) in [7, 11) is 0. The molecule has 0 aliphatic heterocycles. The molecule has 0 radical (unpaired) electrons. The molecule has 4 heteroatoms. The highest BCUT2D eigenvalue weighted by molar-refractivity contribution is 5.78. The van der Waals surface area contributed by atoms with Gasteiger partial charge in [0.2, 0.25) is 0 Å². The second-order valence-corrected chi connectivity index (χ2v) is 4.28. The zero-order valence-corrected chi connectivity index (χ0v) is 9.03. The minimum atomic E-state index is -0.914. The van der Waals surface area contributed by atoms with E-state index in [0.29, 0.717) is 0 Å². The van der Waals surface area contributed by atoms with Gasteiger partial charge in [0.25, 0.3) is 0 Å². The Labute approximate surface area is 93.3 Å². The summed E-state index contributed by atoms with van der Waals surface area (Å²) in [5, 5.41) is 11.8. The van der Waals surface area contributed by atoms with Crippen molar-refractivity contribution in [1.82, 2.24) is 0 Å². The first-order valence-corrected chi connectivity index (χ1v) is 5.33. The Hall–Kier alpha value is -1.58. The van der Waals surface area contributed by atoms with E-state index in [-0.39, 0.29) is 11.6 Å². The van der Waals surface area contributed by atoms with E-state index in [4.69, 9.17) is 5.11 Å². The van der Waals surface area contributed by atoms with Gasteiger partial charge >= 0.3 is 5.97 Å². The number of anilines is 1. The molecule has 0 spiro atoms. The summed E-state index contributed by atoms with van der Waals surface area (Å²) in [6.07, 6.45) is 1.80. The minimum absolute atomic E-state index is 0.136. The van der Waals surface area contributed by atoms with Crippen molar-refractivity contribution in [1.29, 1.82) is 0 Å². The highest BCUT2D eigenvalue weighted by atomic mass is 19.1. The largest absolute Gasteiger partial charge is 0.480 e. The zero-order chi connectivity index (χ0) is 11.7. The van der Waals surface area contributed by atoms with Gasteiger partial charge in [-0.2, -0.15) is 0 Å². The number of nitrogens with one attached hydrogen (secondary N) is 1. The molecule has 1 aromatic carbocycles. The number of carbonyl (C=O) groups is 1. The van der Waals surface area contributed by atoms with E-state index in [1.165, 1.54) is 6.07 Å². The highest BCUT2D eigenvalue weighted by Crippen LogP contribution is 2.34. The summed E-state index contributed by atoms with van der Waals surface area (Å²) < 4.78 is 13.4. The lowest BCUT2D eigenvalue weighted by Crippen LogP contribution is -2.31. The van der Waals surface area contributed by atoms with E-state index in [9.17, 15) is 9.18 Å². The molecule has 1 atom stereocenters. The molecule has 1 aromatic rings. The van der Waals surface area contributed by atoms with Crippen molar-refractivity contribution in [2.75, 3.05) is 5.32 Å². The van der Waals surface area contributed by atoms with Crippen LogP contribution in [0.15, 0.2) is 18.2 Å². The Balaban J connectivity index is 2.17. The fraction of sp³-hybridized carbons (Fsp3) is 0.417. The van der Waals surface area contributed by atoms with Gasteiger partial charge < -0.3 is 10.4 Å². The Bertz CT molecular complexity index is 415. The van der Waals surface area contributed by atoms with Crippen LogP contribution in [-0.4, -0.2) is 17.1 Å². The molecule has 1 fully saturated rings. The third-order valence-corrected chi connectivity index (χ3v) is 2.79. The molecule has 1 saturated carbocycles. The predicted molar refractivity (Wildman–Crippen MR) is 58.9 cm³/mol. The summed E-state index contributed by atoms with van der Waals surface area (Å²) in [6, 6.07) is 3.97. The van der Waals surface area contributed by atoms with Crippen molar-refractivity contribution in [2.45, 2.75) is 25.8 Å². The summed E-state index contributed by atoms with van der Waals surface area (Å²) in [5.41, 5.74) is 1.18. The van der Waals surface area contributed by atoms with Gasteiger partial charge in [-0.25, -0.2) is 9.18 Å². The fourth-order valence-electron chi connectivity index (χ4n) is 1.73. The summed E-state index contributed by atoms with van der Waals surface area (Å²) in [5.74, 6) is -1.18. The van der Waals surface area contributed by atoms with E-state index in [0.717, 1.165) is 18.4 Å². The second-order valence-electron chi connectivity index (χ2n) is 4.28. The Morgan fingerprint density at radius 3 is 2.81 bits per heavy atom. The van der Waals surface area contributed by atoms with E-state index in [2.05, 4.69) is 5.32 Å². The zero-order valence-electron chi connectivity index (χ0n) is 9.03. The minimum Gasteiger partial charge on any atom is -0.480 e. The SMILES string of the molecule is Cc1ccc(F)c(NC(C(=O)O)C2CC2)c1. The van der Waals surface area contributed by atoms with Crippen LogP contribution in [0.25, 0.3) is 0 Å². The lowest BCUT2D eigenvalue weighted by atomic mass is 10.1. The van der Waals surface area contributed by atoms with Crippen LogP contribution in [0.2, 0.25) is 0 Å². The van der Waals surface area contributed by atoms with Crippen LogP contribution >= 0.6 is 0 Å². The topological polar surface area (TPSA) is 49.3 Å². The van der Waals surface area contributed by atoms with Gasteiger partial charge in [-0.1, -0.05) is 6.07 Å². The third-order valence-electron chi connectivity index (χ3n) is 2.79.